The molecule has 1 aromatic heterocycles. The van der Waals surface area contributed by atoms with Crippen LogP contribution in [0.5, 0.6) is 0 Å². The van der Waals surface area contributed by atoms with Crippen molar-refractivity contribution in [3.8, 4) is 0 Å². The Morgan fingerprint density at radius 1 is 1.20 bits per heavy atom. The van der Waals surface area contributed by atoms with Crippen LogP contribution in [0.15, 0.2) is 24.4 Å². The number of aryl methyl sites for hydroxylation is 2. The van der Waals surface area contributed by atoms with E-state index in [0.29, 0.717) is 12.2 Å². The monoisotopic (exact) mass is 199 g/mol. The second-order valence-electron chi connectivity index (χ2n) is 4.23. The van der Waals surface area contributed by atoms with Gasteiger partial charge in [-0.2, -0.15) is 0 Å². The van der Waals surface area contributed by atoms with Gasteiger partial charge < -0.3 is 4.57 Å². The quantitative estimate of drug-likeness (QED) is 0.639. The van der Waals surface area contributed by atoms with Crippen molar-refractivity contribution >= 4 is 16.7 Å². The maximum Gasteiger partial charge on any atom is 0.163 e. The van der Waals surface area contributed by atoms with E-state index in [1.807, 2.05) is 13.1 Å². The molecule has 0 amide bonds. The van der Waals surface area contributed by atoms with Crippen LogP contribution in [0.25, 0.3) is 10.9 Å². The molecule has 1 aromatic carbocycles. The van der Waals surface area contributed by atoms with Gasteiger partial charge in [0.05, 0.1) is 0 Å². The van der Waals surface area contributed by atoms with Crippen LogP contribution in [0.4, 0.5) is 0 Å². The molecule has 1 heterocycles. The summed E-state index contributed by atoms with van der Waals surface area (Å²) in [6.45, 7) is 0. The molecule has 3 rings (SSSR count). The fourth-order valence-corrected chi connectivity index (χ4v) is 2.50. The normalized spacial score (nSPS) is 15.7. The molecular weight excluding hydrogens is 186 g/mol. The highest BCUT2D eigenvalue weighted by Gasteiger charge is 2.19. The van der Waals surface area contributed by atoms with E-state index in [1.54, 1.807) is 0 Å². The Bertz CT molecular complexity index is 551. The zero-order valence-electron chi connectivity index (χ0n) is 8.79. The first-order valence-electron chi connectivity index (χ1n) is 5.37. The van der Waals surface area contributed by atoms with Crippen molar-refractivity contribution in [3.05, 3.63) is 35.5 Å². The number of rotatable bonds is 0. The Morgan fingerprint density at radius 2 is 2.07 bits per heavy atom. The van der Waals surface area contributed by atoms with E-state index in [9.17, 15) is 4.79 Å². The van der Waals surface area contributed by atoms with Gasteiger partial charge in [0.2, 0.25) is 0 Å². The number of hydrogen-bond donors (Lipinski definition) is 0. The summed E-state index contributed by atoms with van der Waals surface area (Å²) >= 11 is 0. The van der Waals surface area contributed by atoms with Gasteiger partial charge in [-0.25, -0.2) is 0 Å². The van der Waals surface area contributed by atoms with Gasteiger partial charge in [-0.05, 0) is 36.6 Å². The van der Waals surface area contributed by atoms with Crippen molar-refractivity contribution in [1.29, 1.82) is 0 Å². The standard InChI is InChI=1S/C13H13NO/c1-14-8-7-10-9-3-2-4-13(15)11(9)5-6-12(10)14/h5-8H,2-4H2,1H3. The molecule has 0 aliphatic heterocycles. The molecule has 76 valence electrons. The number of Topliss-reactive ketones (excluding diaryl/α,β-unsaturated/α-hetero) is 1. The third kappa shape index (κ3) is 1.14. The molecule has 0 unspecified atom stereocenters. The van der Waals surface area contributed by atoms with E-state index in [2.05, 4.69) is 22.9 Å². The average Bonchev–Trinajstić information content (AvgIpc) is 2.61. The lowest BCUT2D eigenvalue weighted by Crippen LogP contribution is -2.10. The minimum atomic E-state index is 0.307. The van der Waals surface area contributed by atoms with Crippen molar-refractivity contribution in [2.45, 2.75) is 19.3 Å². The molecule has 0 atom stereocenters. The predicted octanol–water partition coefficient (Wildman–Crippen LogP) is 2.70. The van der Waals surface area contributed by atoms with Gasteiger partial charge in [-0.3, -0.25) is 4.79 Å². The van der Waals surface area contributed by atoms with Gasteiger partial charge in [0, 0.05) is 36.1 Å². The van der Waals surface area contributed by atoms with Crippen LogP contribution in [0.1, 0.15) is 28.8 Å². The van der Waals surface area contributed by atoms with E-state index in [-0.39, 0.29) is 0 Å². The molecule has 0 saturated heterocycles. The largest absolute Gasteiger partial charge is 0.351 e. The third-order valence-corrected chi connectivity index (χ3v) is 3.31. The van der Waals surface area contributed by atoms with E-state index in [0.717, 1.165) is 18.4 Å². The molecule has 2 heteroatoms. The smallest absolute Gasteiger partial charge is 0.163 e. The predicted molar refractivity (Wildman–Crippen MR) is 60.2 cm³/mol. The van der Waals surface area contributed by atoms with Crippen LogP contribution in [-0.4, -0.2) is 10.4 Å². The second kappa shape index (κ2) is 2.96. The van der Waals surface area contributed by atoms with E-state index in [1.165, 1.54) is 16.5 Å². The second-order valence-corrected chi connectivity index (χ2v) is 4.23. The average molecular weight is 199 g/mol. The van der Waals surface area contributed by atoms with Gasteiger partial charge in [-0.1, -0.05) is 0 Å². The Morgan fingerprint density at radius 3 is 2.93 bits per heavy atom. The van der Waals surface area contributed by atoms with Gasteiger partial charge in [0.25, 0.3) is 0 Å². The molecule has 15 heavy (non-hydrogen) atoms. The lowest BCUT2D eigenvalue weighted by atomic mass is 9.88. The number of ketones is 1. The highest BCUT2D eigenvalue weighted by atomic mass is 16.1. The lowest BCUT2D eigenvalue weighted by Gasteiger charge is -2.15. The summed E-state index contributed by atoms with van der Waals surface area (Å²) in [5, 5.41) is 1.25. The highest BCUT2D eigenvalue weighted by molar-refractivity contribution is 6.03. The number of benzene rings is 1. The maximum absolute atomic E-state index is 11.7. The van der Waals surface area contributed by atoms with Crippen LogP contribution < -0.4 is 0 Å². The minimum Gasteiger partial charge on any atom is -0.351 e. The summed E-state index contributed by atoms with van der Waals surface area (Å²) in [6, 6.07) is 6.16. The molecule has 1 aliphatic rings. The van der Waals surface area contributed by atoms with Gasteiger partial charge in [-0.15, -0.1) is 0 Å². The zero-order valence-corrected chi connectivity index (χ0v) is 8.79. The molecule has 1 aliphatic carbocycles. The van der Waals surface area contributed by atoms with Crippen molar-refractivity contribution in [2.75, 3.05) is 0 Å². The fraction of sp³-hybridized carbons (Fsp3) is 0.308. The molecular formula is C13H13NO. The van der Waals surface area contributed by atoms with Crippen molar-refractivity contribution in [2.24, 2.45) is 7.05 Å². The Balaban J connectivity index is 2.38. The summed E-state index contributed by atoms with van der Waals surface area (Å²) < 4.78 is 2.11. The van der Waals surface area contributed by atoms with Crippen molar-refractivity contribution in [1.82, 2.24) is 4.57 Å². The minimum absolute atomic E-state index is 0.307. The number of hydrogen-bond acceptors (Lipinski definition) is 1. The maximum atomic E-state index is 11.7. The molecule has 0 bridgehead atoms. The summed E-state index contributed by atoms with van der Waals surface area (Å²) in [6.07, 6.45) is 4.82. The topological polar surface area (TPSA) is 22.0 Å². The first-order valence-corrected chi connectivity index (χ1v) is 5.37. The van der Waals surface area contributed by atoms with Crippen LogP contribution in [0.3, 0.4) is 0 Å². The summed E-state index contributed by atoms with van der Waals surface area (Å²) in [5.74, 6) is 0.307. The third-order valence-electron chi connectivity index (χ3n) is 3.31. The Labute approximate surface area is 88.5 Å². The summed E-state index contributed by atoms with van der Waals surface area (Å²) in [7, 11) is 2.04. The van der Waals surface area contributed by atoms with Gasteiger partial charge >= 0.3 is 0 Å². The van der Waals surface area contributed by atoms with Gasteiger partial charge in [0.15, 0.2) is 5.78 Å². The number of carbonyl (C=O) groups excluding carboxylic acids is 1. The molecule has 0 N–H and O–H groups in total. The molecule has 0 saturated carbocycles. The summed E-state index contributed by atoms with van der Waals surface area (Å²) in [5.41, 5.74) is 3.42. The SMILES string of the molecule is Cn1ccc2c3c(ccc21)C(=O)CCC3. The highest BCUT2D eigenvalue weighted by Crippen LogP contribution is 2.29. The molecule has 2 aromatic rings. The molecule has 0 fully saturated rings. The van der Waals surface area contributed by atoms with Crippen LogP contribution >= 0.6 is 0 Å². The molecule has 2 nitrogen and oxygen atoms in total. The zero-order chi connectivity index (χ0) is 10.4. The Kier molecular flexibility index (Phi) is 1.72. The van der Waals surface area contributed by atoms with Crippen molar-refractivity contribution in [3.63, 3.8) is 0 Å². The van der Waals surface area contributed by atoms with Gasteiger partial charge in [0.1, 0.15) is 0 Å². The molecule has 0 spiro atoms. The van der Waals surface area contributed by atoms with Crippen molar-refractivity contribution < 1.29 is 4.79 Å². The fourth-order valence-electron chi connectivity index (χ4n) is 2.50. The molecule has 0 radical (unpaired) electrons. The lowest BCUT2D eigenvalue weighted by molar-refractivity contribution is 0.0973. The van der Waals surface area contributed by atoms with E-state index < -0.39 is 0 Å². The summed E-state index contributed by atoms with van der Waals surface area (Å²) in [4.78, 5) is 11.7. The number of aromatic nitrogens is 1. The van der Waals surface area contributed by atoms with E-state index in [4.69, 9.17) is 0 Å². The number of fused-ring (bicyclic) bond motifs is 3. The number of carbonyl (C=O) groups is 1. The first-order chi connectivity index (χ1) is 7.27. The van der Waals surface area contributed by atoms with Crippen LogP contribution in [-0.2, 0) is 13.5 Å². The first kappa shape index (κ1) is 8.72. The van der Waals surface area contributed by atoms with Crippen LogP contribution in [0, 0.1) is 0 Å². The van der Waals surface area contributed by atoms with Crippen LogP contribution in [0.2, 0.25) is 0 Å². The van der Waals surface area contributed by atoms with E-state index >= 15 is 0 Å². The Hall–Kier alpha value is -1.57. The number of nitrogens with zero attached hydrogens (tertiary/aromatic N) is 1.